The van der Waals surface area contributed by atoms with E-state index in [1.165, 1.54) is 0 Å². The maximum absolute atomic E-state index is 6.27. The summed E-state index contributed by atoms with van der Waals surface area (Å²) in [5.74, 6) is 1.21. The SMILES string of the molecule is CC(C)Cn1cnc(-c2ccc(Br)c3cccnc23)c1N. The number of nitrogens with two attached hydrogens (primary N) is 1. The smallest absolute Gasteiger partial charge is 0.131 e. The van der Waals surface area contributed by atoms with Gasteiger partial charge >= 0.3 is 0 Å². The van der Waals surface area contributed by atoms with E-state index in [9.17, 15) is 0 Å². The third-order valence-electron chi connectivity index (χ3n) is 3.41. The molecule has 108 valence electrons. The molecule has 2 heterocycles. The van der Waals surface area contributed by atoms with Crippen molar-refractivity contribution in [2.75, 3.05) is 5.73 Å². The van der Waals surface area contributed by atoms with Crippen LogP contribution in [0.1, 0.15) is 13.8 Å². The molecule has 2 aromatic heterocycles. The van der Waals surface area contributed by atoms with Gasteiger partial charge in [-0.15, -0.1) is 0 Å². The predicted molar refractivity (Wildman–Crippen MR) is 89.9 cm³/mol. The van der Waals surface area contributed by atoms with Crippen molar-refractivity contribution in [1.29, 1.82) is 0 Å². The number of benzene rings is 1. The van der Waals surface area contributed by atoms with Gasteiger partial charge < -0.3 is 10.3 Å². The fourth-order valence-electron chi connectivity index (χ4n) is 2.47. The average Bonchev–Trinajstić information content (AvgIpc) is 2.81. The molecule has 5 heteroatoms. The van der Waals surface area contributed by atoms with Crippen LogP contribution in [-0.2, 0) is 6.54 Å². The fraction of sp³-hybridized carbons (Fsp3) is 0.250. The van der Waals surface area contributed by atoms with E-state index < -0.39 is 0 Å². The molecule has 0 fully saturated rings. The van der Waals surface area contributed by atoms with E-state index >= 15 is 0 Å². The zero-order chi connectivity index (χ0) is 15.0. The Morgan fingerprint density at radius 3 is 2.81 bits per heavy atom. The van der Waals surface area contributed by atoms with E-state index in [1.54, 1.807) is 6.20 Å². The highest BCUT2D eigenvalue weighted by atomic mass is 79.9. The number of halogens is 1. The minimum Gasteiger partial charge on any atom is -0.383 e. The van der Waals surface area contributed by atoms with Gasteiger partial charge in [-0.05, 0) is 24.1 Å². The van der Waals surface area contributed by atoms with Crippen molar-refractivity contribution in [3.05, 3.63) is 41.3 Å². The molecule has 1 aromatic carbocycles. The molecule has 0 aliphatic carbocycles. The summed E-state index contributed by atoms with van der Waals surface area (Å²) in [5.41, 5.74) is 8.95. The number of rotatable bonds is 3. The lowest BCUT2D eigenvalue weighted by atomic mass is 10.1. The lowest BCUT2D eigenvalue weighted by Gasteiger charge is -2.09. The van der Waals surface area contributed by atoms with Crippen LogP contribution in [0, 0.1) is 5.92 Å². The van der Waals surface area contributed by atoms with Crippen LogP contribution in [0.15, 0.2) is 41.3 Å². The molecule has 0 aliphatic heterocycles. The van der Waals surface area contributed by atoms with Crippen molar-refractivity contribution in [3.8, 4) is 11.3 Å². The molecule has 0 amide bonds. The third kappa shape index (κ3) is 2.53. The Morgan fingerprint density at radius 2 is 2.05 bits per heavy atom. The Hall–Kier alpha value is -1.88. The molecule has 0 radical (unpaired) electrons. The second-order valence-corrected chi connectivity index (χ2v) is 6.37. The zero-order valence-corrected chi connectivity index (χ0v) is 13.6. The van der Waals surface area contributed by atoms with Crippen LogP contribution in [0.4, 0.5) is 5.82 Å². The van der Waals surface area contributed by atoms with Crippen LogP contribution >= 0.6 is 15.9 Å². The van der Waals surface area contributed by atoms with Crippen LogP contribution < -0.4 is 5.73 Å². The van der Waals surface area contributed by atoms with E-state index in [-0.39, 0.29) is 0 Å². The van der Waals surface area contributed by atoms with Crippen LogP contribution in [0.5, 0.6) is 0 Å². The maximum Gasteiger partial charge on any atom is 0.131 e. The molecule has 21 heavy (non-hydrogen) atoms. The predicted octanol–water partition coefficient (Wildman–Crippen LogP) is 4.10. The van der Waals surface area contributed by atoms with Crippen LogP contribution in [-0.4, -0.2) is 14.5 Å². The van der Waals surface area contributed by atoms with E-state index in [4.69, 9.17) is 5.73 Å². The highest BCUT2D eigenvalue weighted by molar-refractivity contribution is 9.10. The van der Waals surface area contributed by atoms with E-state index in [2.05, 4.69) is 39.7 Å². The number of anilines is 1. The molecule has 0 saturated heterocycles. The molecule has 3 rings (SSSR count). The third-order valence-corrected chi connectivity index (χ3v) is 4.10. The fourth-order valence-corrected chi connectivity index (χ4v) is 2.92. The number of nitrogens with zero attached hydrogens (tertiary/aromatic N) is 3. The summed E-state index contributed by atoms with van der Waals surface area (Å²) in [5, 5.41) is 1.06. The molecule has 0 aliphatic rings. The van der Waals surface area contributed by atoms with Gasteiger partial charge in [-0.25, -0.2) is 4.98 Å². The van der Waals surface area contributed by atoms with Gasteiger partial charge in [0.05, 0.1) is 11.8 Å². The van der Waals surface area contributed by atoms with E-state index in [1.807, 2.05) is 35.2 Å². The monoisotopic (exact) mass is 344 g/mol. The van der Waals surface area contributed by atoms with Gasteiger partial charge in [0.2, 0.25) is 0 Å². The number of fused-ring (bicyclic) bond motifs is 1. The highest BCUT2D eigenvalue weighted by Crippen LogP contribution is 2.33. The molecule has 4 nitrogen and oxygen atoms in total. The summed E-state index contributed by atoms with van der Waals surface area (Å²) in [6, 6.07) is 7.99. The Balaban J connectivity index is 2.18. The van der Waals surface area contributed by atoms with Crippen LogP contribution in [0.2, 0.25) is 0 Å². The highest BCUT2D eigenvalue weighted by Gasteiger charge is 2.15. The minimum atomic E-state index is 0.522. The lowest BCUT2D eigenvalue weighted by molar-refractivity contribution is 0.527. The molecule has 0 atom stereocenters. The van der Waals surface area contributed by atoms with Crippen molar-refractivity contribution in [2.45, 2.75) is 20.4 Å². The summed E-state index contributed by atoms with van der Waals surface area (Å²) >= 11 is 3.56. The van der Waals surface area contributed by atoms with E-state index in [0.29, 0.717) is 11.7 Å². The van der Waals surface area contributed by atoms with Gasteiger partial charge in [0.25, 0.3) is 0 Å². The van der Waals surface area contributed by atoms with E-state index in [0.717, 1.165) is 33.2 Å². The maximum atomic E-state index is 6.27. The molecule has 0 spiro atoms. The van der Waals surface area contributed by atoms with Crippen molar-refractivity contribution >= 4 is 32.7 Å². The summed E-state index contributed by atoms with van der Waals surface area (Å²) in [6.45, 7) is 5.19. The zero-order valence-electron chi connectivity index (χ0n) is 12.0. The molecular weight excluding hydrogens is 328 g/mol. The van der Waals surface area contributed by atoms with Crippen molar-refractivity contribution in [1.82, 2.24) is 14.5 Å². The van der Waals surface area contributed by atoms with Gasteiger partial charge in [-0.2, -0.15) is 0 Å². The molecule has 0 bridgehead atoms. The number of aromatic nitrogens is 3. The first kappa shape index (κ1) is 14.1. The Kier molecular flexibility index (Phi) is 3.68. The average molecular weight is 345 g/mol. The van der Waals surface area contributed by atoms with Gasteiger partial charge in [0.1, 0.15) is 11.5 Å². The van der Waals surface area contributed by atoms with Crippen LogP contribution in [0.25, 0.3) is 22.2 Å². The standard InChI is InChI=1S/C16H17BrN4/c1-10(2)8-21-9-20-15(16(21)18)12-5-6-13(17)11-4-3-7-19-14(11)12/h3-7,9-10H,8,18H2,1-2H3. The molecular formula is C16H17BrN4. The Morgan fingerprint density at radius 1 is 1.24 bits per heavy atom. The van der Waals surface area contributed by atoms with Crippen LogP contribution in [0.3, 0.4) is 0 Å². The summed E-state index contributed by atoms with van der Waals surface area (Å²) in [7, 11) is 0. The molecule has 2 N–H and O–H groups in total. The second kappa shape index (κ2) is 5.48. The normalized spacial score (nSPS) is 11.4. The number of imidazole rings is 1. The number of nitrogen functional groups attached to an aromatic ring is 1. The Labute approximate surface area is 132 Å². The molecule has 3 aromatic rings. The van der Waals surface area contributed by atoms with Crippen molar-refractivity contribution < 1.29 is 0 Å². The lowest BCUT2D eigenvalue weighted by Crippen LogP contribution is -2.06. The van der Waals surface area contributed by atoms with Gasteiger partial charge in [0.15, 0.2) is 0 Å². The Bertz CT molecular complexity index is 792. The summed E-state index contributed by atoms with van der Waals surface area (Å²) in [4.78, 5) is 9.00. The van der Waals surface area contributed by atoms with Gasteiger partial charge in [-0.1, -0.05) is 35.8 Å². The van der Waals surface area contributed by atoms with Gasteiger partial charge in [-0.3, -0.25) is 4.98 Å². The number of hydrogen-bond acceptors (Lipinski definition) is 3. The molecule has 0 saturated carbocycles. The van der Waals surface area contributed by atoms with Crippen molar-refractivity contribution in [3.63, 3.8) is 0 Å². The topological polar surface area (TPSA) is 56.7 Å². The quantitative estimate of drug-likeness (QED) is 0.778. The minimum absolute atomic E-state index is 0.522. The molecule has 0 unspecified atom stereocenters. The second-order valence-electron chi connectivity index (χ2n) is 5.52. The largest absolute Gasteiger partial charge is 0.383 e. The first-order chi connectivity index (χ1) is 10.1. The van der Waals surface area contributed by atoms with Crippen molar-refractivity contribution in [2.24, 2.45) is 5.92 Å². The number of pyridine rings is 1. The number of hydrogen-bond donors (Lipinski definition) is 1. The van der Waals surface area contributed by atoms with Gasteiger partial charge in [0, 0.05) is 28.2 Å². The summed E-state index contributed by atoms with van der Waals surface area (Å²) in [6.07, 6.45) is 3.60. The summed E-state index contributed by atoms with van der Waals surface area (Å²) < 4.78 is 3.02. The first-order valence-corrected chi connectivity index (χ1v) is 7.71. The first-order valence-electron chi connectivity index (χ1n) is 6.92.